The van der Waals surface area contributed by atoms with Crippen molar-refractivity contribution >= 4 is 39.0 Å². The summed E-state index contributed by atoms with van der Waals surface area (Å²) in [5.41, 5.74) is 21.7. The maximum atomic E-state index is 6.96. The van der Waals surface area contributed by atoms with Crippen LogP contribution < -0.4 is 4.90 Å². The Morgan fingerprint density at radius 3 is 1.59 bits per heavy atom. The monoisotopic (exact) mass is 843 g/mol. The third-order valence-corrected chi connectivity index (χ3v) is 14.5. The Morgan fingerprint density at radius 1 is 0.333 bits per heavy atom. The fraction of sp³-hybridized carbons (Fsp3) is 0.0625. The summed E-state index contributed by atoms with van der Waals surface area (Å²) < 4.78 is 6.96. The predicted molar refractivity (Wildman–Crippen MR) is 274 cm³/mol. The van der Waals surface area contributed by atoms with E-state index >= 15 is 0 Å². The summed E-state index contributed by atoms with van der Waals surface area (Å²) in [6.07, 6.45) is 0. The van der Waals surface area contributed by atoms with Crippen LogP contribution in [0.1, 0.15) is 47.2 Å². The quantitative estimate of drug-likeness (QED) is 0.159. The molecule has 0 radical (unpaired) electrons. The minimum atomic E-state index is -0.531. The van der Waals surface area contributed by atoms with Gasteiger partial charge in [-0.25, -0.2) is 0 Å². The lowest BCUT2D eigenvalue weighted by atomic mass is 9.67. The maximum Gasteiger partial charge on any atom is 0.143 e. The molecule has 66 heavy (non-hydrogen) atoms. The first kappa shape index (κ1) is 38.3. The molecule has 2 heteroatoms. The molecule has 0 saturated carbocycles. The van der Waals surface area contributed by atoms with Gasteiger partial charge in [-0.3, -0.25) is 0 Å². The lowest BCUT2D eigenvalue weighted by Gasteiger charge is -2.34. The number of rotatable bonds is 7. The molecule has 2 aliphatic carbocycles. The molecule has 0 unspecified atom stereocenters. The zero-order valence-corrected chi connectivity index (χ0v) is 36.9. The highest BCUT2D eigenvalue weighted by Gasteiger charge is 2.46. The van der Waals surface area contributed by atoms with Gasteiger partial charge in [-0.15, -0.1) is 0 Å². The molecule has 13 rings (SSSR count). The molecule has 2 aliphatic rings. The second kappa shape index (κ2) is 14.7. The Kier molecular flexibility index (Phi) is 8.51. The summed E-state index contributed by atoms with van der Waals surface area (Å²) in [5, 5.41) is 2.18. The molecule has 0 amide bonds. The van der Waals surface area contributed by atoms with Crippen molar-refractivity contribution in [2.75, 3.05) is 4.90 Å². The minimum absolute atomic E-state index is 0.160. The zero-order chi connectivity index (χ0) is 44.0. The Labute approximate surface area is 385 Å². The second-order valence-corrected chi connectivity index (χ2v) is 18.4. The van der Waals surface area contributed by atoms with Crippen LogP contribution >= 0.6 is 0 Å². The Balaban J connectivity index is 1.07. The number of furan rings is 1. The molecule has 0 atom stereocenters. The number of hydrogen-bond acceptors (Lipinski definition) is 2. The average Bonchev–Trinajstić information content (AvgIpc) is 3.98. The van der Waals surface area contributed by atoms with Crippen molar-refractivity contribution in [3.8, 4) is 44.5 Å². The summed E-state index contributed by atoms with van der Waals surface area (Å²) in [5.74, 6) is 0. The largest absolute Gasteiger partial charge is 0.455 e. The van der Waals surface area contributed by atoms with Gasteiger partial charge in [0.05, 0.1) is 5.41 Å². The molecule has 0 saturated heterocycles. The van der Waals surface area contributed by atoms with Crippen LogP contribution in [0.3, 0.4) is 0 Å². The van der Waals surface area contributed by atoms with Gasteiger partial charge in [0.2, 0.25) is 0 Å². The normalized spacial score (nSPS) is 13.8. The van der Waals surface area contributed by atoms with Crippen LogP contribution in [0.5, 0.6) is 0 Å². The first-order valence-electron chi connectivity index (χ1n) is 23.0. The number of anilines is 3. The molecular formula is C64H45NO. The van der Waals surface area contributed by atoms with Gasteiger partial charge < -0.3 is 9.32 Å². The molecule has 2 nitrogen and oxygen atoms in total. The fourth-order valence-corrected chi connectivity index (χ4v) is 11.5. The summed E-state index contributed by atoms with van der Waals surface area (Å²) in [7, 11) is 0. The van der Waals surface area contributed by atoms with E-state index in [4.69, 9.17) is 4.42 Å². The molecule has 0 fully saturated rings. The summed E-state index contributed by atoms with van der Waals surface area (Å²) >= 11 is 0. The molecule has 0 bridgehead atoms. The van der Waals surface area contributed by atoms with E-state index in [1.165, 1.54) is 66.8 Å². The number of fused-ring (bicyclic) bond motifs is 9. The number of benzene rings is 10. The number of nitrogens with zero attached hydrogens (tertiary/aromatic N) is 1. The highest BCUT2D eigenvalue weighted by molar-refractivity contribution is 6.12. The summed E-state index contributed by atoms with van der Waals surface area (Å²) in [6, 6.07) is 87.0. The van der Waals surface area contributed by atoms with E-state index in [0.29, 0.717) is 0 Å². The molecule has 11 aromatic rings. The van der Waals surface area contributed by atoms with Crippen molar-refractivity contribution in [3.05, 3.63) is 270 Å². The third kappa shape index (κ3) is 5.61. The number of hydrogen-bond donors (Lipinski definition) is 0. The molecule has 0 aliphatic heterocycles. The average molecular weight is 844 g/mol. The van der Waals surface area contributed by atoms with Crippen molar-refractivity contribution in [1.82, 2.24) is 0 Å². The fourth-order valence-electron chi connectivity index (χ4n) is 11.5. The van der Waals surface area contributed by atoms with Gasteiger partial charge in [0.15, 0.2) is 0 Å². The first-order chi connectivity index (χ1) is 32.5. The van der Waals surface area contributed by atoms with E-state index in [2.05, 4.69) is 255 Å². The van der Waals surface area contributed by atoms with Crippen molar-refractivity contribution in [1.29, 1.82) is 0 Å². The highest BCUT2D eigenvalue weighted by atomic mass is 16.3. The van der Waals surface area contributed by atoms with Crippen molar-refractivity contribution in [2.24, 2.45) is 0 Å². The standard InChI is InChI=1S/C64H45NO/c1-63(2)57-27-15-12-24-50(57)52-37-35-48(41-59(52)63)65(47-33-30-43(31-34-47)42-18-6-3-7-19-42)49-39-55(62-56(40-49)54-26-14-17-29-61(54)66-62)44-32-36-53-51-25-13-16-28-58(51)64(60(53)38-44,45-20-8-4-9-21-45)46-22-10-5-11-23-46/h3-41H,1-2H3. The highest BCUT2D eigenvalue weighted by Crippen LogP contribution is 2.57. The summed E-state index contributed by atoms with van der Waals surface area (Å²) in [4.78, 5) is 2.44. The van der Waals surface area contributed by atoms with Gasteiger partial charge in [-0.1, -0.05) is 202 Å². The van der Waals surface area contributed by atoms with E-state index in [9.17, 15) is 0 Å². The van der Waals surface area contributed by atoms with Crippen LogP contribution in [0.15, 0.2) is 241 Å². The van der Waals surface area contributed by atoms with E-state index < -0.39 is 5.41 Å². The first-order valence-corrected chi connectivity index (χ1v) is 23.0. The van der Waals surface area contributed by atoms with Gasteiger partial charge in [-0.2, -0.15) is 0 Å². The van der Waals surface area contributed by atoms with E-state index in [1.54, 1.807) is 0 Å². The second-order valence-electron chi connectivity index (χ2n) is 18.4. The van der Waals surface area contributed by atoms with Crippen molar-refractivity contribution in [3.63, 3.8) is 0 Å². The zero-order valence-electron chi connectivity index (χ0n) is 36.9. The van der Waals surface area contributed by atoms with Crippen LogP contribution in [-0.2, 0) is 10.8 Å². The SMILES string of the molecule is CC1(C)c2ccccc2-c2ccc(N(c3ccc(-c4ccccc4)cc3)c3cc(-c4ccc5c(c4)C(c4ccccc4)(c4ccccc4)c4ccccc4-5)c4oc5ccccc5c4c3)cc21. The Hall–Kier alpha value is -8.20. The van der Waals surface area contributed by atoms with E-state index in [1.807, 2.05) is 0 Å². The molecule has 1 aromatic heterocycles. The lowest BCUT2D eigenvalue weighted by molar-refractivity contribution is 0.660. The van der Waals surface area contributed by atoms with Crippen molar-refractivity contribution < 1.29 is 4.42 Å². The molecule has 1 heterocycles. The molecule has 312 valence electrons. The topological polar surface area (TPSA) is 16.4 Å². The number of para-hydroxylation sites is 1. The third-order valence-electron chi connectivity index (χ3n) is 14.5. The van der Waals surface area contributed by atoms with E-state index in [-0.39, 0.29) is 5.41 Å². The van der Waals surface area contributed by atoms with Crippen LogP contribution in [-0.4, -0.2) is 0 Å². The van der Waals surface area contributed by atoms with Crippen LogP contribution in [0.25, 0.3) is 66.4 Å². The van der Waals surface area contributed by atoms with Gasteiger partial charge >= 0.3 is 0 Å². The van der Waals surface area contributed by atoms with E-state index in [0.717, 1.165) is 50.1 Å². The summed E-state index contributed by atoms with van der Waals surface area (Å²) in [6.45, 7) is 4.72. The Bertz CT molecular complexity index is 3620. The van der Waals surface area contributed by atoms with Gasteiger partial charge in [0.1, 0.15) is 11.2 Å². The smallest absolute Gasteiger partial charge is 0.143 e. The molecule has 0 spiro atoms. The molecule has 0 N–H and O–H groups in total. The van der Waals surface area contributed by atoms with Crippen LogP contribution in [0, 0.1) is 0 Å². The van der Waals surface area contributed by atoms with Gasteiger partial charge in [-0.05, 0) is 121 Å². The van der Waals surface area contributed by atoms with Crippen molar-refractivity contribution in [2.45, 2.75) is 24.7 Å². The van der Waals surface area contributed by atoms with Gasteiger partial charge in [0.25, 0.3) is 0 Å². The Morgan fingerprint density at radius 2 is 0.864 bits per heavy atom. The molecule has 10 aromatic carbocycles. The maximum absolute atomic E-state index is 6.96. The van der Waals surface area contributed by atoms with Crippen LogP contribution in [0.4, 0.5) is 17.1 Å². The molecular weight excluding hydrogens is 799 g/mol. The predicted octanol–water partition coefficient (Wildman–Crippen LogP) is 17.1. The lowest BCUT2D eigenvalue weighted by Crippen LogP contribution is -2.28. The minimum Gasteiger partial charge on any atom is -0.455 e. The van der Waals surface area contributed by atoms with Gasteiger partial charge in [0, 0.05) is 38.8 Å². The van der Waals surface area contributed by atoms with Crippen LogP contribution in [0.2, 0.25) is 0 Å².